The number of nitrogens with one attached hydrogen (secondary N) is 2. The van der Waals surface area contributed by atoms with Gasteiger partial charge in [-0.3, -0.25) is 0 Å². The van der Waals surface area contributed by atoms with Crippen LogP contribution in [0.25, 0.3) is 5.69 Å². The molecular formula is C24H39IN6O. The maximum atomic E-state index is 5.20. The second-order valence-corrected chi connectivity index (χ2v) is 8.32. The SMILES string of the molecule is CCNC(=NCc1ccccc1-n1nc(C)cc1C)NCC1CCN(CCOC)CC1.I. The number of para-hydroxylation sites is 1. The minimum Gasteiger partial charge on any atom is -0.383 e. The maximum absolute atomic E-state index is 5.20. The van der Waals surface area contributed by atoms with Gasteiger partial charge in [0.25, 0.3) is 0 Å². The van der Waals surface area contributed by atoms with Crippen molar-refractivity contribution >= 4 is 29.9 Å². The third kappa shape index (κ3) is 7.74. The van der Waals surface area contributed by atoms with Gasteiger partial charge in [0, 0.05) is 32.4 Å². The lowest BCUT2D eigenvalue weighted by Gasteiger charge is -2.32. The molecule has 2 aromatic rings. The fraction of sp³-hybridized carbons (Fsp3) is 0.583. The molecule has 8 heteroatoms. The Morgan fingerprint density at radius 1 is 1.19 bits per heavy atom. The number of hydrogen-bond donors (Lipinski definition) is 2. The van der Waals surface area contributed by atoms with Gasteiger partial charge in [0.1, 0.15) is 0 Å². The van der Waals surface area contributed by atoms with Crippen LogP contribution >= 0.6 is 24.0 Å². The quantitative estimate of drug-likeness (QED) is 0.282. The summed E-state index contributed by atoms with van der Waals surface area (Å²) in [6.07, 6.45) is 2.44. The van der Waals surface area contributed by atoms with E-state index in [1.54, 1.807) is 7.11 Å². The summed E-state index contributed by atoms with van der Waals surface area (Å²) >= 11 is 0. The lowest BCUT2D eigenvalue weighted by molar-refractivity contribution is 0.121. The van der Waals surface area contributed by atoms with E-state index in [0.717, 1.165) is 67.9 Å². The maximum Gasteiger partial charge on any atom is 0.191 e. The number of piperidine rings is 1. The zero-order valence-corrected chi connectivity index (χ0v) is 22.3. The minimum absolute atomic E-state index is 0. The van der Waals surface area contributed by atoms with Gasteiger partial charge in [-0.2, -0.15) is 5.10 Å². The average Bonchev–Trinajstić information content (AvgIpc) is 3.12. The van der Waals surface area contributed by atoms with Crippen molar-refractivity contribution in [2.24, 2.45) is 10.9 Å². The van der Waals surface area contributed by atoms with Crippen LogP contribution in [-0.4, -0.2) is 67.1 Å². The van der Waals surface area contributed by atoms with Gasteiger partial charge >= 0.3 is 0 Å². The molecule has 1 aliphatic rings. The van der Waals surface area contributed by atoms with E-state index in [0.29, 0.717) is 12.5 Å². The third-order valence-electron chi connectivity index (χ3n) is 5.86. The van der Waals surface area contributed by atoms with Gasteiger partial charge in [-0.05, 0) is 70.3 Å². The molecule has 1 fully saturated rings. The molecule has 0 spiro atoms. The Labute approximate surface area is 210 Å². The smallest absolute Gasteiger partial charge is 0.191 e. The van der Waals surface area contributed by atoms with Gasteiger partial charge in [-0.25, -0.2) is 9.67 Å². The number of aliphatic imine (C=N–C) groups is 1. The number of aryl methyl sites for hydroxylation is 2. The Bertz CT molecular complexity index is 845. The molecule has 1 saturated heterocycles. The molecule has 0 unspecified atom stereocenters. The van der Waals surface area contributed by atoms with Crippen LogP contribution in [0.2, 0.25) is 0 Å². The van der Waals surface area contributed by atoms with E-state index >= 15 is 0 Å². The molecule has 7 nitrogen and oxygen atoms in total. The first-order valence-corrected chi connectivity index (χ1v) is 11.5. The number of likely N-dealkylation sites (tertiary alicyclic amines) is 1. The fourth-order valence-electron chi connectivity index (χ4n) is 4.11. The zero-order valence-electron chi connectivity index (χ0n) is 19.9. The Kier molecular flexibility index (Phi) is 11.5. The van der Waals surface area contributed by atoms with Crippen LogP contribution in [0, 0.1) is 19.8 Å². The summed E-state index contributed by atoms with van der Waals surface area (Å²) in [5.41, 5.74) is 4.42. The number of methoxy groups -OCH3 is 1. The van der Waals surface area contributed by atoms with Gasteiger partial charge in [0.2, 0.25) is 0 Å². The fourth-order valence-corrected chi connectivity index (χ4v) is 4.11. The van der Waals surface area contributed by atoms with Crippen LogP contribution in [0.3, 0.4) is 0 Å². The monoisotopic (exact) mass is 554 g/mol. The Morgan fingerprint density at radius 3 is 2.59 bits per heavy atom. The Balaban J connectivity index is 0.00000363. The molecule has 0 saturated carbocycles. The van der Waals surface area contributed by atoms with Crippen molar-refractivity contribution in [2.45, 2.75) is 40.2 Å². The van der Waals surface area contributed by atoms with E-state index in [-0.39, 0.29) is 24.0 Å². The first kappa shape index (κ1) is 26.6. The molecule has 1 aromatic carbocycles. The van der Waals surface area contributed by atoms with Crippen molar-refractivity contribution in [2.75, 3.05) is 46.4 Å². The van der Waals surface area contributed by atoms with Crippen molar-refractivity contribution in [1.82, 2.24) is 25.3 Å². The molecule has 0 bridgehead atoms. The number of hydrogen-bond acceptors (Lipinski definition) is 4. The molecule has 2 N–H and O–H groups in total. The highest BCUT2D eigenvalue weighted by Crippen LogP contribution is 2.18. The average molecular weight is 555 g/mol. The van der Waals surface area contributed by atoms with Crippen LogP contribution < -0.4 is 10.6 Å². The molecule has 0 atom stereocenters. The highest BCUT2D eigenvalue weighted by atomic mass is 127. The summed E-state index contributed by atoms with van der Waals surface area (Å²) in [5, 5.41) is 11.6. The van der Waals surface area contributed by atoms with Gasteiger partial charge in [-0.15, -0.1) is 24.0 Å². The highest BCUT2D eigenvalue weighted by molar-refractivity contribution is 14.0. The molecule has 0 aliphatic carbocycles. The summed E-state index contributed by atoms with van der Waals surface area (Å²) in [6.45, 7) is 12.8. The normalized spacial score (nSPS) is 15.4. The van der Waals surface area contributed by atoms with E-state index in [1.165, 1.54) is 12.8 Å². The lowest BCUT2D eigenvalue weighted by atomic mass is 9.97. The topological polar surface area (TPSA) is 66.7 Å². The standard InChI is InChI=1S/C24H38N6O.HI/c1-5-25-24(26-17-21-10-12-29(13-11-21)14-15-31-4)27-18-22-8-6-7-9-23(22)30-20(3)16-19(2)28-30;/h6-9,16,21H,5,10-15,17-18H2,1-4H3,(H2,25,26,27);1H. The summed E-state index contributed by atoms with van der Waals surface area (Å²) in [4.78, 5) is 7.37. The number of ether oxygens (including phenoxy) is 1. The number of rotatable bonds is 9. The second-order valence-electron chi connectivity index (χ2n) is 8.32. The van der Waals surface area contributed by atoms with Crippen molar-refractivity contribution in [3.05, 3.63) is 47.3 Å². The summed E-state index contributed by atoms with van der Waals surface area (Å²) < 4.78 is 7.21. The van der Waals surface area contributed by atoms with E-state index in [1.807, 2.05) is 11.6 Å². The minimum atomic E-state index is 0. The molecule has 32 heavy (non-hydrogen) atoms. The van der Waals surface area contributed by atoms with Crippen molar-refractivity contribution in [3.8, 4) is 5.69 Å². The van der Waals surface area contributed by atoms with E-state index in [9.17, 15) is 0 Å². The molecule has 0 amide bonds. The van der Waals surface area contributed by atoms with Crippen LogP contribution in [0.4, 0.5) is 0 Å². The third-order valence-corrected chi connectivity index (χ3v) is 5.86. The summed E-state index contributed by atoms with van der Waals surface area (Å²) in [7, 11) is 1.77. The molecule has 0 radical (unpaired) electrons. The van der Waals surface area contributed by atoms with Crippen molar-refractivity contribution in [3.63, 3.8) is 0 Å². The van der Waals surface area contributed by atoms with E-state index in [2.05, 4.69) is 64.8 Å². The molecule has 3 rings (SSSR count). The van der Waals surface area contributed by atoms with Gasteiger partial charge in [0.05, 0.1) is 24.5 Å². The van der Waals surface area contributed by atoms with Gasteiger partial charge in [0.15, 0.2) is 5.96 Å². The lowest BCUT2D eigenvalue weighted by Crippen LogP contribution is -2.43. The number of benzene rings is 1. The summed E-state index contributed by atoms with van der Waals surface area (Å²) in [5.74, 6) is 1.57. The molecule has 178 valence electrons. The predicted octanol–water partition coefficient (Wildman–Crippen LogP) is 3.52. The van der Waals surface area contributed by atoms with Crippen LogP contribution in [0.15, 0.2) is 35.3 Å². The Hall–Kier alpha value is -1.65. The number of aromatic nitrogens is 2. The largest absolute Gasteiger partial charge is 0.383 e. The van der Waals surface area contributed by atoms with Gasteiger partial charge in [-0.1, -0.05) is 18.2 Å². The van der Waals surface area contributed by atoms with E-state index in [4.69, 9.17) is 9.73 Å². The predicted molar refractivity (Wildman–Crippen MR) is 142 cm³/mol. The van der Waals surface area contributed by atoms with E-state index < -0.39 is 0 Å². The first-order valence-electron chi connectivity index (χ1n) is 11.5. The number of nitrogens with zero attached hydrogens (tertiary/aromatic N) is 4. The van der Waals surface area contributed by atoms with Gasteiger partial charge < -0.3 is 20.3 Å². The Morgan fingerprint density at radius 2 is 1.94 bits per heavy atom. The number of guanidine groups is 1. The molecule has 1 aromatic heterocycles. The van der Waals surface area contributed by atoms with Crippen molar-refractivity contribution in [1.29, 1.82) is 0 Å². The molecule has 1 aliphatic heterocycles. The van der Waals surface area contributed by atoms with Crippen LogP contribution in [0.1, 0.15) is 36.7 Å². The molecular weight excluding hydrogens is 515 g/mol. The number of halogens is 1. The zero-order chi connectivity index (χ0) is 22.1. The first-order chi connectivity index (χ1) is 15.1. The van der Waals surface area contributed by atoms with Crippen LogP contribution in [0.5, 0.6) is 0 Å². The molecule has 2 heterocycles. The second kappa shape index (κ2) is 13.8. The highest BCUT2D eigenvalue weighted by Gasteiger charge is 2.19. The summed E-state index contributed by atoms with van der Waals surface area (Å²) in [6, 6.07) is 10.5. The van der Waals surface area contributed by atoms with Crippen LogP contribution in [-0.2, 0) is 11.3 Å². The van der Waals surface area contributed by atoms with Crippen molar-refractivity contribution < 1.29 is 4.74 Å².